The Morgan fingerprint density at radius 3 is 1.35 bits per heavy atom. The number of alkyl halides is 3. The van der Waals surface area contributed by atoms with Gasteiger partial charge in [0.1, 0.15) is 0 Å². The van der Waals surface area contributed by atoms with Crippen LogP contribution < -0.4 is 0 Å². The number of para-hydroxylation sites is 1. The minimum atomic E-state index is -4.82. The molecule has 0 aliphatic carbocycles. The molecule has 0 aliphatic heterocycles. The van der Waals surface area contributed by atoms with Gasteiger partial charge in [0.2, 0.25) is 0 Å². The third-order valence-electron chi connectivity index (χ3n) is 12.1. The van der Waals surface area contributed by atoms with Crippen LogP contribution in [0.2, 0.25) is 0 Å². The lowest BCUT2D eigenvalue weighted by molar-refractivity contribution is -0.137. The molecule has 0 amide bonds. The van der Waals surface area contributed by atoms with Crippen LogP contribution in [0.5, 0.6) is 0 Å². The van der Waals surface area contributed by atoms with Crippen molar-refractivity contribution in [3.05, 3.63) is 229 Å². The second-order valence-electron chi connectivity index (χ2n) is 16.4. The monoisotopic (exact) mass is 897 g/mol. The highest BCUT2D eigenvalue weighted by Crippen LogP contribution is 2.46. The molecule has 0 saturated heterocycles. The molecular formula is C59H34F3N7. The van der Waals surface area contributed by atoms with E-state index in [1.54, 1.807) is 18.2 Å². The third-order valence-corrected chi connectivity index (χ3v) is 12.1. The number of halogens is 3. The third kappa shape index (κ3) is 8.03. The summed E-state index contributed by atoms with van der Waals surface area (Å²) in [7, 11) is 0. The Bertz CT molecular complexity index is 3540. The van der Waals surface area contributed by atoms with Crippen molar-refractivity contribution >= 4 is 27.5 Å². The van der Waals surface area contributed by atoms with Gasteiger partial charge in [0.25, 0.3) is 0 Å². The fourth-order valence-corrected chi connectivity index (χ4v) is 8.84. The van der Waals surface area contributed by atoms with E-state index in [-0.39, 0.29) is 22.8 Å². The van der Waals surface area contributed by atoms with E-state index in [1.807, 2.05) is 180 Å². The molecule has 0 bridgehead atoms. The number of rotatable bonds is 8. The van der Waals surface area contributed by atoms with Crippen molar-refractivity contribution in [3.8, 4) is 90.7 Å². The molecule has 0 aliphatic rings. The van der Waals surface area contributed by atoms with Crippen LogP contribution in [-0.2, 0) is 6.18 Å². The first-order chi connectivity index (χ1) is 33.7. The van der Waals surface area contributed by atoms with Crippen LogP contribution in [0.4, 0.5) is 18.9 Å². The molecule has 8 aromatic carbocycles. The quantitative estimate of drug-likeness (QED) is 0.142. The molecule has 3 heterocycles. The van der Waals surface area contributed by atoms with Crippen molar-refractivity contribution in [3.63, 3.8) is 0 Å². The lowest BCUT2D eigenvalue weighted by atomic mass is 9.98. The Morgan fingerprint density at radius 1 is 0.449 bits per heavy atom. The Balaban J connectivity index is 1.29. The Kier molecular flexibility index (Phi) is 10.6. The Morgan fingerprint density at radius 2 is 0.899 bits per heavy atom. The Hall–Kier alpha value is -9.51. The van der Waals surface area contributed by atoms with Gasteiger partial charge in [-0.3, -0.25) is 0 Å². The second-order valence-corrected chi connectivity index (χ2v) is 16.4. The van der Waals surface area contributed by atoms with Gasteiger partial charge in [0.05, 0.1) is 57.7 Å². The molecule has 0 atom stereocenters. The second kappa shape index (κ2) is 17.4. The summed E-state index contributed by atoms with van der Waals surface area (Å²) in [4.78, 5) is 24.1. The minimum absolute atomic E-state index is 0.0580. The molecule has 0 spiro atoms. The highest BCUT2D eigenvalue weighted by Gasteiger charge is 2.35. The molecule has 0 radical (unpaired) electrons. The molecule has 0 fully saturated rings. The summed E-state index contributed by atoms with van der Waals surface area (Å²) in [6.45, 7) is 7.72. The standard InChI is InChI=1S/C59H34F3N7/c1-64-45-29-37(36-63)28-43(30-45)42-26-27-55-47(31-42)46-24-14-15-25-54(46)69(55)56-48(57-65-50(38-16-6-2-7-17-38)34-51(66-57)39-18-8-3-9-19-39)32-44(59(60,61)62)33-49(56)58-67-52(40-20-10-4-11-21-40)35-53(68-58)41-22-12-5-13-23-41/h2-35H. The van der Waals surface area contributed by atoms with Crippen LogP contribution in [0.3, 0.4) is 0 Å². The average molecular weight is 898 g/mol. The Labute approximate surface area is 394 Å². The van der Waals surface area contributed by atoms with Gasteiger partial charge in [-0.1, -0.05) is 146 Å². The van der Waals surface area contributed by atoms with Crippen molar-refractivity contribution in [2.45, 2.75) is 6.18 Å². The maximum atomic E-state index is 15.7. The number of hydrogen-bond acceptors (Lipinski definition) is 5. The summed E-state index contributed by atoms with van der Waals surface area (Å²) in [6.07, 6.45) is -4.82. The van der Waals surface area contributed by atoms with E-state index in [0.717, 1.165) is 50.7 Å². The zero-order valence-corrected chi connectivity index (χ0v) is 36.4. The van der Waals surface area contributed by atoms with Gasteiger partial charge in [-0.15, -0.1) is 0 Å². The van der Waals surface area contributed by atoms with Crippen molar-refractivity contribution in [1.82, 2.24) is 24.5 Å². The number of nitrogens with zero attached hydrogens (tertiary/aromatic N) is 7. The zero-order chi connectivity index (χ0) is 47.1. The van der Waals surface area contributed by atoms with Gasteiger partial charge in [-0.05, 0) is 71.8 Å². The zero-order valence-electron chi connectivity index (χ0n) is 36.4. The van der Waals surface area contributed by atoms with Gasteiger partial charge < -0.3 is 4.57 Å². The van der Waals surface area contributed by atoms with Gasteiger partial charge in [-0.25, -0.2) is 24.8 Å². The number of hydrogen-bond donors (Lipinski definition) is 0. The van der Waals surface area contributed by atoms with Gasteiger partial charge in [-0.2, -0.15) is 18.4 Å². The van der Waals surface area contributed by atoms with Crippen molar-refractivity contribution in [2.24, 2.45) is 0 Å². The molecule has 326 valence electrons. The number of benzene rings is 8. The SMILES string of the molecule is [C-]#[N+]c1cc(C#N)cc(-c2ccc3c(c2)c2ccccc2n3-c2c(-c3nc(-c4ccccc4)cc(-c4ccccc4)n3)cc(C(F)(F)F)cc2-c2nc(-c3ccccc3)cc(-c3ccccc3)n2)c1. The fourth-order valence-electron chi connectivity index (χ4n) is 8.84. The van der Waals surface area contributed by atoms with Crippen LogP contribution in [0, 0.1) is 17.9 Å². The van der Waals surface area contributed by atoms with Gasteiger partial charge >= 0.3 is 6.18 Å². The van der Waals surface area contributed by atoms with Gasteiger partial charge in [0.15, 0.2) is 17.3 Å². The number of nitriles is 1. The highest BCUT2D eigenvalue weighted by molar-refractivity contribution is 6.11. The molecule has 7 nitrogen and oxygen atoms in total. The predicted octanol–water partition coefficient (Wildman–Crippen LogP) is 15.5. The van der Waals surface area contributed by atoms with Crippen LogP contribution in [0.25, 0.3) is 111 Å². The van der Waals surface area contributed by atoms with E-state index < -0.39 is 11.7 Å². The molecular weight excluding hydrogens is 864 g/mol. The van der Waals surface area contributed by atoms with Gasteiger partial charge in [0, 0.05) is 49.7 Å². The van der Waals surface area contributed by atoms with E-state index in [0.29, 0.717) is 56.3 Å². The van der Waals surface area contributed by atoms with Crippen LogP contribution in [-0.4, -0.2) is 24.5 Å². The normalized spacial score (nSPS) is 11.4. The topological polar surface area (TPSA) is 84.6 Å². The van der Waals surface area contributed by atoms with Crippen molar-refractivity contribution in [1.29, 1.82) is 5.26 Å². The molecule has 11 rings (SSSR count). The average Bonchev–Trinajstić information content (AvgIpc) is 3.74. The molecule has 69 heavy (non-hydrogen) atoms. The van der Waals surface area contributed by atoms with Crippen LogP contribution >= 0.6 is 0 Å². The first-order valence-corrected chi connectivity index (χ1v) is 21.9. The summed E-state index contributed by atoms with van der Waals surface area (Å²) < 4.78 is 49.1. The fraction of sp³-hybridized carbons (Fsp3) is 0.0169. The first-order valence-electron chi connectivity index (χ1n) is 21.9. The molecule has 3 aromatic heterocycles. The maximum Gasteiger partial charge on any atom is 0.416 e. The van der Waals surface area contributed by atoms with Crippen LogP contribution in [0.1, 0.15) is 11.1 Å². The summed E-state index contributed by atoms with van der Waals surface area (Å²) in [6, 6.07) is 64.6. The first kappa shape index (κ1) is 42.1. The van der Waals surface area contributed by atoms with E-state index in [2.05, 4.69) is 10.9 Å². The maximum absolute atomic E-state index is 15.7. The molecule has 11 aromatic rings. The van der Waals surface area contributed by atoms with E-state index >= 15 is 13.2 Å². The largest absolute Gasteiger partial charge is 0.416 e. The lowest BCUT2D eigenvalue weighted by Crippen LogP contribution is -2.11. The lowest BCUT2D eigenvalue weighted by Gasteiger charge is -2.21. The minimum Gasteiger partial charge on any atom is -0.308 e. The van der Waals surface area contributed by atoms with Crippen molar-refractivity contribution in [2.75, 3.05) is 0 Å². The van der Waals surface area contributed by atoms with E-state index in [1.165, 1.54) is 0 Å². The van der Waals surface area contributed by atoms with E-state index in [4.69, 9.17) is 26.5 Å². The van der Waals surface area contributed by atoms with Crippen LogP contribution in [0.15, 0.2) is 206 Å². The summed E-state index contributed by atoms with van der Waals surface area (Å²) >= 11 is 0. The predicted molar refractivity (Wildman–Crippen MR) is 266 cm³/mol. The number of aromatic nitrogens is 5. The van der Waals surface area contributed by atoms with Crippen molar-refractivity contribution < 1.29 is 13.2 Å². The highest BCUT2D eigenvalue weighted by atomic mass is 19.4. The summed E-state index contributed by atoms with van der Waals surface area (Å²) in [5.74, 6) is 0.116. The summed E-state index contributed by atoms with van der Waals surface area (Å²) in [5, 5.41) is 11.4. The molecule has 0 unspecified atom stereocenters. The number of fused-ring (bicyclic) bond motifs is 3. The molecule has 0 saturated carbocycles. The van der Waals surface area contributed by atoms with E-state index in [9.17, 15) is 5.26 Å². The summed E-state index contributed by atoms with van der Waals surface area (Å²) in [5.41, 5.74) is 8.12. The smallest absolute Gasteiger partial charge is 0.308 e. The molecule has 10 heteroatoms. The molecule has 0 N–H and O–H groups in total.